The van der Waals surface area contributed by atoms with E-state index in [9.17, 15) is 9.59 Å². The lowest BCUT2D eigenvalue weighted by molar-refractivity contribution is -0.142. The SMILES string of the molecule is COC(=O)COc1cc(C)cc2c1c(C)c(Cc1ccc(Cl)cc1Cl)c(=O)n2C. The fourth-order valence-electron chi connectivity index (χ4n) is 3.37. The molecule has 0 unspecified atom stereocenters. The van der Waals surface area contributed by atoms with Gasteiger partial charge >= 0.3 is 5.97 Å². The molecule has 0 aliphatic rings. The van der Waals surface area contributed by atoms with Gasteiger partial charge < -0.3 is 14.0 Å². The maximum absolute atomic E-state index is 13.1. The van der Waals surface area contributed by atoms with Crippen molar-refractivity contribution in [2.45, 2.75) is 20.3 Å². The Balaban J connectivity index is 2.20. The Hall–Kier alpha value is -2.50. The van der Waals surface area contributed by atoms with Crippen LogP contribution in [-0.4, -0.2) is 24.3 Å². The van der Waals surface area contributed by atoms with E-state index in [1.54, 1.807) is 23.7 Å². The van der Waals surface area contributed by atoms with Gasteiger partial charge in [0.1, 0.15) is 5.75 Å². The molecular weight excluding hydrogens is 413 g/mol. The highest BCUT2D eigenvalue weighted by Crippen LogP contribution is 2.32. The van der Waals surface area contributed by atoms with E-state index in [2.05, 4.69) is 4.74 Å². The fourth-order valence-corrected chi connectivity index (χ4v) is 3.85. The average molecular weight is 434 g/mol. The highest BCUT2D eigenvalue weighted by Gasteiger charge is 2.18. The van der Waals surface area contributed by atoms with Crippen LogP contribution in [0.5, 0.6) is 5.75 Å². The van der Waals surface area contributed by atoms with Gasteiger partial charge in [-0.15, -0.1) is 0 Å². The van der Waals surface area contributed by atoms with Crippen LogP contribution < -0.4 is 10.3 Å². The third kappa shape index (κ3) is 4.26. The van der Waals surface area contributed by atoms with E-state index in [0.717, 1.165) is 27.6 Å². The molecule has 0 amide bonds. The molecular formula is C22H21Cl2NO4. The first-order valence-corrected chi connectivity index (χ1v) is 9.75. The molecule has 2 aromatic carbocycles. The minimum Gasteiger partial charge on any atom is -0.481 e. The Morgan fingerprint density at radius 1 is 1.14 bits per heavy atom. The van der Waals surface area contributed by atoms with Crippen molar-refractivity contribution in [3.05, 3.63) is 73.0 Å². The van der Waals surface area contributed by atoms with Crippen molar-refractivity contribution < 1.29 is 14.3 Å². The van der Waals surface area contributed by atoms with Crippen molar-refractivity contribution in [3.63, 3.8) is 0 Å². The number of halogens is 2. The second-order valence-electron chi connectivity index (χ2n) is 6.90. The van der Waals surface area contributed by atoms with Gasteiger partial charge in [0.2, 0.25) is 0 Å². The van der Waals surface area contributed by atoms with Gasteiger partial charge in [0, 0.05) is 34.5 Å². The van der Waals surface area contributed by atoms with Gasteiger partial charge in [0.25, 0.3) is 5.56 Å². The van der Waals surface area contributed by atoms with E-state index >= 15 is 0 Å². The van der Waals surface area contributed by atoms with E-state index in [-0.39, 0.29) is 12.2 Å². The largest absolute Gasteiger partial charge is 0.481 e. The topological polar surface area (TPSA) is 57.5 Å². The minimum atomic E-state index is -0.477. The first kappa shape index (κ1) is 21.2. The monoisotopic (exact) mass is 433 g/mol. The summed E-state index contributed by atoms with van der Waals surface area (Å²) in [6.07, 6.45) is 0.356. The van der Waals surface area contributed by atoms with Crippen LogP contribution in [0.4, 0.5) is 0 Å². The van der Waals surface area contributed by atoms with Gasteiger partial charge in [0.05, 0.1) is 12.6 Å². The number of rotatable bonds is 5. The Morgan fingerprint density at radius 2 is 1.86 bits per heavy atom. The van der Waals surface area contributed by atoms with E-state index < -0.39 is 5.97 Å². The minimum absolute atomic E-state index is 0.106. The molecule has 1 aromatic heterocycles. The van der Waals surface area contributed by atoms with Gasteiger partial charge in [-0.1, -0.05) is 29.3 Å². The Kier molecular flexibility index (Phi) is 6.20. The van der Waals surface area contributed by atoms with Gasteiger partial charge in [-0.05, 0) is 54.8 Å². The molecule has 3 rings (SSSR count). The lowest BCUT2D eigenvalue weighted by Crippen LogP contribution is -2.24. The molecule has 0 saturated carbocycles. The second kappa shape index (κ2) is 8.47. The predicted molar refractivity (Wildman–Crippen MR) is 115 cm³/mol. The normalized spacial score (nSPS) is 11.0. The number of hydrogen-bond acceptors (Lipinski definition) is 4. The highest BCUT2D eigenvalue weighted by atomic mass is 35.5. The molecule has 0 radical (unpaired) electrons. The van der Waals surface area contributed by atoms with Crippen molar-refractivity contribution in [2.24, 2.45) is 7.05 Å². The Morgan fingerprint density at radius 3 is 2.52 bits per heavy atom. The van der Waals surface area contributed by atoms with Gasteiger partial charge in [-0.3, -0.25) is 4.79 Å². The highest BCUT2D eigenvalue weighted by molar-refractivity contribution is 6.35. The van der Waals surface area contributed by atoms with E-state index in [4.69, 9.17) is 27.9 Å². The third-order valence-electron chi connectivity index (χ3n) is 4.93. The molecule has 0 aliphatic carbocycles. The van der Waals surface area contributed by atoms with Gasteiger partial charge in [-0.25, -0.2) is 4.79 Å². The first-order valence-electron chi connectivity index (χ1n) is 8.99. The number of ether oxygens (including phenoxy) is 2. The van der Waals surface area contributed by atoms with E-state index in [1.807, 2.05) is 32.0 Å². The molecule has 152 valence electrons. The number of nitrogens with zero attached hydrogens (tertiary/aromatic N) is 1. The zero-order chi connectivity index (χ0) is 21.3. The molecule has 0 spiro atoms. The summed E-state index contributed by atoms with van der Waals surface area (Å²) in [5.74, 6) is 0.0530. The molecule has 5 nitrogen and oxygen atoms in total. The smallest absolute Gasteiger partial charge is 0.343 e. The predicted octanol–water partition coefficient (Wildman–Crippen LogP) is 4.60. The number of methoxy groups -OCH3 is 1. The van der Waals surface area contributed by atoms with Crippen LogP contribution in [0.3, 0.4) is 0 Å². The summed E-state index contributed by atoms with van der Waals surface area (Å²) in [6.45, 7) is 3.57. The second-order valence-corrected chi connectivity index (χ2v) is 7.75. The zero-order valence-electron chi connectivity index (χ0n) is 16.6. The summed E-state index contributed by atoms with van der Waals surface area (Å²) in [5, 5.41) is 1.82. The maximum atomic E-state index is 13.1. The molecule has 0 fully saturated rings. The molecule has 29 heavy (non-hydrogen) atoms. The average Bonchev–Trinajstić information content (AvgIpc) is 2.68. The van der Waals surface area contributed by atoms with Crippen LogP contribution in [0, 0.1) is 13.8 Å². The molecule has 0 N–H and O–H groups in total. The standard InChI is InChI=1S/C22H21Cl2NO4/c1-12-7-18-21(19(8-12)29-11-20(26)28-4)13(2)16(22(27)25(18)3)9-14-5-6-15(23)10-17(14)24/h5-8,10H,9,11H2,1-4H3. The molecule has 7 heteroatoms. The van der Waals surface area contributed by atoms with Crippen LogP contribution in [0.2, 0.25) is 10.0 Å². The summed E-state index contributed by atoms with van der Waals surface area (Å²) in [4.78, 5) is 24.7. The summed E-state index contributed by atoms with van der Waals surface area (Å²) >= 11 is 12.3. The number of esters is 1. The number of carbonyl (C=O) groups excluding carboxylic acids is 1. The van der Waals surface area contributed by atoms with Crippen LogP contribution in [0.1, 0.15) is 22.3 Å². The number of benzene rings is 2. The molecule has 1 heterocycles. The lowest BCUT2D eigenvalue weighted by atomic mass is 9.97. The van der Waals surface area contributed by atoms with Crippen molar-refractivity contribution in [1.82, 2.24) is 4.57 Å². The molecule has 0 saturated heterocycles. The number of aryl methyl sites for hydroxylation is 3. The van der Waals surface area contributed by atoms with Gasteiger partial charge in [-0.2, -0.15) is 0 Å². The van der Waals surface area contributed by atoms with Crippen molar-refractivity contribution in [3.8, 4) is 5.75 Å². The van der Waals surface area contributed by atoms with Crippen molar-refractivity contribution in [1.29, 1.82) is 0 Å². The number of fused-ring (bicyclic) bond motifs is 1. The summed E-state index contributed by atoms with van der Waals surface area (Å²) in [6, 6.07) is 9.00. The molecule has 3 aromatic rings. The van der Waals surface area contributed by atoms with Crippen molar-refractivity contribution in [2.75, 3.05) is 13.7 Å². The number of hydrogen-bond donors (Lipinski definition) is 0. The number of aromatic nitrogens is 1. The zero-order valence-corrected chi connectivity index (χ0v) is 18.1. The third-order valence-corrected chi connectivity index (χ3v) is 5.52. The lowest BCUT2D eigenvalue weighted by Gasteiger charge is -2.18. The van der Waals surface area contributed by atoms with Crippen LogP contribution in [0.15, 0.2) is 35.1 Å². The summed E-state index contributed by atoms with van der Waals surface area (Å²) in [7, 11) is 3.03. The van der Waals surface area contributed by atoms with Gasteiger partial charge in [0.15, 0.2) is 6.61 Å². The molecule has 0 atom stereocenters. The summed E-state index contributed by atoms with van der Waals surface area (Å²) in [5.41, 5.74) is 3.74. The quantitative estimate of drug-likeness (QED) is 0.551. The van der Waals surface area contributed by atoms with E-state index in [1.165, 1.54) is 7.11 Å². The maximum Gasteiger partial charge on any atom is 0.343 e. The molecule has 0 aliphatic heterocycles. The van der Waals surface area contributed by atoms with Crippen LogP contribution in [0.25, 0.3) is 10.9 Å². The fraction of sp³-hybridized carbons (Fsp3) is 0.273. The number of carbonyl (C=O) groups is 1. The van der Waals surface area contributed by atoms with Crippen molar-refractivity contribution >= 4 is 40.1 Å². The Labute approximate surface area is 178 Å². The number of pyridine rings is 1. The van der Waals surface area contributed by atoms with E-state index in [0.29, 0.717) is 27.8 Å². The van der Waals surface area contributed by atoms with Crippen LogP contribution in [-0.2, 0) is 23.0 Å². The summed E-state index contributed by atoms with van der Waals surface area (Å²) < 4.78 is 12.0. The first-order chi connectivity index (χ1) is 13.7. The molecule has 0 bridgehead atoms. The Bertz CT molecular complexity index is 1170. The van der Waals surface area contributed by atoms with Crippen LogP contribution >= 0.6 is 23.2 Å².